The molecule has 0 atom stereocenters. The zero-order valence-corrected chi connectivity index (χ0v) is 12.9. The van der Waals surface area contributed by atoms with Crippen molar-refractivity contribution in [1.29, 1.82) is 0 Å². The summed E-state index contributed by atoms with van der Waals surface area (Å²) in [6.45, 7) is 9.32. The number of nitrogens with zero attached hydrogens (tertiary/aromatic N) is 1. The van der Waals surface area contributed by atoms with Gasteiger partial charge in [0, 0.05) is 0 Å². The molecule has 0 amide bonds. The Morgan fingerprint density at radius 3 is 1.32 bits per heavy atom. The lowest BCUT2D eigenvalue weighted by atomic mass is 10.1. The Labute approximate surface area is 116 Å². The summed E-state index contributed by atoms with van der Waals surface area (Å²) < 4.78 is 38.3. The molecule has 0 aliphatic carbocycles. The highest BCUT2D eigenvalue weighted by molar-refractivity contribution is 4.54. The number of alkyl halides is 3. The first-order valence-electron chi connectivity index (χ1n) is 7.81. The Balaban J connectivity index is 4.66. The third-order valence-electron chi connectivity index (χ3n) is 3.83. The van der Waals surface area contributed by atoms with Crippen LogP contribution in [0, 0.1) is 0 Å². The molecule has 0 spiro atoms. The predicted molar refractivity (Wildman–Crippen MR) is 75.1 cm³/mol. The molecule has 0 aromatic heterocycles. The Morgan fingerprint density at radius 1 is 0.684 bits per heavy atom. The first-order chi connectivity index (χ1) is 8.89. The number of hydrogen-bond donors (Lipinski definition) is 0. The van der Waals surface area contributed by atoms with Crippen LogP contribution in [0.25, 0.3) is 0 Å². The topological polar surface area (TPSA) is 0 Å². The van der Waals surface area contributed by atoms with Crippen molar-refractivity contribution in [3.8, 4) is 0 Å². The fourth-order valence-corrected chi connectivity index (χ4v) is 2.52. The molecule has 0 N–H and O–H groups in total. The molecule has 19 heavy (non-hydrogen) atoms. The minimum Gasteiger partial charge on any atom is -0.323 e. The molecule has 0 saturated carbocycles. The lowest BCUT2D eigenvalue weighted by Crippen LogP contribution is -2.51. The summed E-state index contributed by atoms with van der Waals surface area (Å²) in [6, 6.07) is 0. The van der Waals surface area contributed by atoms with Crippen molar-refractivity contribution in [2.24, 2.45) is 0 Å². The highest BCUT2D eigenvalue weighted by atomic mass is 19.4. The summed E-state index contributed by atoms with van der Waals surface area (Å²) in [5.41, 5.74) is 0. The van der Waals surface area contributed by atoms with E-state index in [1.54, 1.807) is 0 Å². The SMILES string of the molecule is CCCC[N+](CCCC)(CCCC)CCC(F)(F)F. The van der Waals surface area contributed by atoms with E-state index in [4.69, 9.17) is 0 Å². The fourth-order valence-electron chi connectivity index (χ4n) is 2.52. The van der Waals surface area contributed by atoms with Gasteiger partial charge in [-0.2, -0.15) is 13.2 Å². The smallest absolute Gasteiger partial charge is 0.323 e. The van der Waals surface area contributed by atoms with E-state index in [1.165, 1.54) is 0 Å². The molecular formula is C15H31F3N+. The van der Waals surface area contributed by atoms with Crippen LogP contribution in [0.1, 0.15) is 65.7 Å². The zero-order valence-electron chi connectivity index (χ0n) is 12.9. The second-order valence-electron chi connectivity index (χ2n) is 5.66. The second kappa shape index (κ2) is 9.62. The maximum atomic E-state index is 12.5. The lowest BCUT2D eigenvalue weighted by molar-refractivity contribution is -0.930. The largest absolute Gasteiger partial charge is 0.394 e. The Kier molecular flexibility index (Phi) is 9.50. The fraction of sp³-hybridized carbons (Fsp3) is 1.00. The van der Waals surface area contributed by atoms with Gasteiger partial charge in [-0.3, -0.25) is 0 Å². The first-order valence-corrected chi connectivity index (χ1v) is 7.81. The molecule has 0 aliphatic rings. The van der Waals surface area contributed by atoms with Crippen LogP contribution < -0.4 is 0 Å². The van der Waals surface area contributed by atoms with Crippen molar-refractivity contribution in [2.75, 3.05) is 26.2 Å². The number of halogens is 3. The maximum absolute atomic E-state index is 12.5. The van der Waals surface area contributed by atoms with Crippen molar-refractivity contribution in [2.45, 2.75) is 71.9 Å². The number of rotatable bonds is 11. The summed E-state index contributed by atoms with van der Waals surface area (Å²) in [7, 11) is 0. The van der Waals surface area contributed by atoms with Gasteiger partial charge in [-0.05, 0) is 19.3 Å². The van der Waals surface area contributed by atoms with Gasteiger partial charge < -0.3 is 4.48 Å². The second-order valence-corrected chi connectivity index (χ2v) is 5.66. The van der Waals surface area contributed by atoms with E-state index >= 15 is 0 Å². The summed E-state index contributed by atoms with van der Waals surface area (Å²) in [6.07, 6.45) is 1.62. The first kappa shape index (κ1) is 18.8. The Bertz CT molecular complexity index is 192. The van der Waals surface area contributed by atoms with Gasteiger partial charge in [0.1, 0.15) is 0 Å². The molecule has 4 heteroatoms. The van der Waals surface area contributed by atoms with E-state index in [9.17, 15) is 13.2 Å². The number of quaternary nitrogens is 1. The van der Waals surface area contributed by atoms with Gasteiger partial charge in [0.05, 0.1) is 32.6 Å². The van der Waals surface area contributed by atoms with Crippen LogP contribution in [0.3, 0.4) is 0 Å². The normalized spacial score (nSPS) is 12.9. The van der Waals surface area contributed by atoms with Crippen LogP contribution in [0.5, 0.6) is 0 Å². The van der Waals surface area contributed by atoms with Gasteiger partial charge in [-0.25, -0.2) is 0 Å². The van der Waals surface area contributed by atoms with E-state index in [0.29, 0.717) is 4.48 Å². The number of hydrogen-bond acceptors (Lipinski definition) is 0. The third-order valence-corrected chi connectivity index (χ3v) is 3.83. The standard InChI is InChI=1S/C15H31F3N/c1-4-7-11-19(12-8-5-2,13-9-6-3)14-10-15(16,17)18/h4-14H2,1-3H3/q+1. The van der Waals surface area contributed by atoms with Gasteiger partial charge in [0.2, 0.25) is 0 Å². The summed E-state index contributed by atoms with van der Waals surface area (Å²) in [5.74, 6) is 0. The van der Waals surface area contributed by atoms with Crippen LogP contribution in [0.15, 0.2) is 0 Å². The van der Waals surface area contributed by atoms with Crippen molar-refractivity contribution >= 4 is 0 Å². The van der Waals surface area contributed by atoms with E-state index in [2.05, 4.69) is 20.8 Å². The van der Waals surface area contributed by atoms with E-state index < -0.39 is 12.6 Å². The molecule has 0 rings (SSSR count). The molecule has 0 saturated heterocycles. The van der Waals surface area contributed by atoms with Crippen molar-refractivity contribution in [3.63, 3.8) is 0 Å². The molecule has 0 aliphatic heterocycles. The molecule has 0 aromatic rings. The molecule has 0 aromatic carbocycles. The van der Waals surface area contributed by atoms with Crippen LogP contribution >= 0.6 is 0 Å². The molecule has 1 nitrogen and oxygen atoms in total. The van der Waals surface area contributed by atoms with Gasteiger partial charge >= 0.3 is 6.18 Å². The van der Waals surface area contributed by atoms with Crippen molar-refractivity contribution < 1.29 is 17.7 Å². The van der Waals surface area contributed by atoms with Crippen LogP contribution in [0.4, 0.5) is 13.2 Å². The number of unbranched alkanes of at least 4 members (excludes halogenated alkanes) is 3. The summed E-state index contributed by atoms with van der Waals surface area (Å²) in [5, 5.41) is 0. The Hall–Kier alpha value is -0.250. The highest BCUT2D eigenvalue weighted by Crippen LogP contribution is 2.24. The third kappa shape index (κ3) is 9.31. The van der Waals surface area contributed by atoms with Gasteiger partial charge in [-0.15, -0.1) is 0 Å². The van der Waals surface area contributed by atoms with Crippen LogP contribution in [-0.4, -0.2) is 36.8 Å². The average Bonchev–Trinajstić information content (AvgIpc) is 2.36. The van der Waals surface area contributed by atoms with Crippen molar-refractivity contribution in [1.82, 2.24) is 0 Å². The quantitative estimate of drug-likeness (QED) is 0.459. The zero-order chi connectivity index (χ0) is 14.8. The van der Waals surface area contributed by atoms with E-state index in [1.807, 2.05) is 0 Å². The van der Waals surface area contributed by atoms with Gasteiger partial charge in [-0.1, -0.05) is 40.0 Å². The molecule has 0 bridgehead atoms. The van der Waals surface area contributed by atoms with Gasteiger partial charge in [0.15, 0.2) is 0 Å². The minimum absolute atomic E-state index is 0.267. The van der Waals surface area contributed by atoms with Crippen LogP contribution in [-0.2, 0) is 0 Å². The summed E-state index contributed by atoms with van der Waals surface area (Å²) in [4.78, 5) is 0. The van der Waals surface area contributed by atoms with E-state index in [0.717, 1.165) is 58.2 Å². The van der Waals surface area contributed by atoms with Gasteiger partial charge in [0.25, 0.3) is 0 Å². The maximum Gasteiger partial charge on any atom is 0.394 e. The molecule has 0 radical (unpaired) electrons. The summed E-state index contributed by atoms with van der Waals surface area (Å²) >= 11 is 0. The Morgan fingerprint density at radius 2 is 1.05 bits per heavy atom. The molecule has 0 fully saturated rings. The molecule has 0 unspecified atom stereocenters. The van der Waals surface area contributed by atoms with Crippen molar-refractivity contribution in [3.05, 3.63) is 0 Å². The molecule has 116 valence electrons. The average molecular weight is 282 g/mol. The lowest BCUT2D eigenvalue weighted by Gasteiger charge is -2.39. The van der Waals surface area contributed by atoms with Crippen LogP contribution in [0.2, 0.25) is 0 Å². The molecular weight excluding hydrogens is 251 g/mol. The monoisotopic (exact) mass is 282 g/mol. The molecule has 0 heterocycles. The van der Waals surface area contributed by atoms with E-state index in [-0.39, 0.29) is 6.54 Å². The predicted octanol–water partition coefficient (Wildman–Crippen LogP) is 5.16. The highest BCUT2D eigenvalue weighted by Gasteiger charge is 2.34. The minimum atomic E-state index is -4.02.